The minimum absolute atomic E-state index is 0.222. The Kier molecular flexibility index (Phi) is 4.05. The molecule has 0 bridgehead atoms. The molecule has 3 heteroatoms. The largest absolute Gasteiger partial charge is 0.372 e. The third-order valence-electron chi connectivity index (χ3n) is 2.68. The Bertz CT molecular complexity index is 531. The van der Waals surface area contributed by atoms with Crippen LogP contribution in [0.5, 0.6) is 0 Å². The smallest absolute Gasteiger partial charge is 0.123 e. The van der Waals surface area contributed by atoms with E-state index in [0.29, 0.717) is 11.5 Å². The second kappa shape index (κ2) is 5.74. The first-order valence-electron chi connectivity index (χ1n) is 5.74. The number of thiocarbonyl (C=S) groups is 1. The molecule has 0 amide bonds. The maximum atomic E-state index is 12.7. The van der Waals surface area contributed by atoms with E-state index in [-0.39, 0.29) is 5.82 Å². The summed E-state index contributed by atoms with van der Waals surface area (Å²) in [6, 6.07) is 14.4. The SMILES string of the molecule is Cc1ccc(C(=S)NCc2ccc(F)cc2)cc1. The summed E-state index contributed by atoms with van der Waals surface area (Å²) in [6.45, 7) is 2.64. The van der Waals surface area contributed by atoms with E-state index >= 15 is 0 Å². The first kappa shape index (κ1) is 12.7. The number of hydrogen-bond acceptors (Lipinski definition) is 1. The fraction of sp³-hybridized carbons (Fsp3) is 0.133. The van der Waals surface area contributed by atoms with Gasteiger partial charge in [0, 0.05) is 12.1 Å². The third-order valence-corrected chi connectivity index (χ3v) is 3.06. The normalized spacial score (nSPS) is 10.1. The van der Waals surface area contributed by atoms with Crippen molar-refractivity contribution < 1.29 is 4.39 Å². The first-order chi connectivity index (χ1) is 8.65. The van der Waals surface area contributed by atoms with Crippen LogP contribution in [-0.2, 0) is 6.54 Å². The van der Waals surface area contributed by atoms with Gasteiger partial charge in [0.2, 0.25) is 0 Å². The Morgan fingerprint density at radius 3 is 2.28 bits per heavy atom. The topological polar surface area (TPSA) is 12.0 Å². The van der Waals surface area contributed by atoms with Crippen LogP contribution in [0, 0.1) is 12.7 Å². The number of rotatable bonds is 3. The maximum absolute atomic E-state index is 12.7. The first-order valence-corrected chi connectivity index (χ1v) is 6.15. The number of halogens is 1. The van der Waals surface area contributed by atoms with Crippen molar-refractivity contribution in [2.45, 2.75) is 13.5 Å². The average molecular weight is 259 g/mol. The molecule has 1 N–H and O–H groups in total. The summed E-state index contributed by atoms with van der Waals surface area (Å²) in [5, 5.41) is 3.16. The van der Waals surface area contributed by atoms with Crippen molar-refractivity contribution in [1.29, 1.82) is 0 Å². The zero-order valence-corrected chi connectivity index (χ0v) is 10.9. The van der Waals surface area contributed by atoms with Crippen LogP contribution in [0.4, 0.5) is 4.39 Å². The minimum Gasteiger partial charge on any atom is -0.372 e. The lowest BCUT2D eigenvalue weighted by atomic mass is 10.1. The van der Waals surface area contributed by atoms with Crippen LogP contribution >= 0.6 is 12.2 Å². The highest BCUT2D eigenvalue weighted by Crippen LogP contribution is 2.06. The van der Waals surface area contributed by atoms with Crippen LogP contribution in [-0.4, -0.2) is 4.99 Å². The molecule has 92 valence electrons. The number of nitrogens with one attached hydrogen (secondary N) is 1. The number of aryl methyl sites for hydroxylation is 1. The van der Waals surface area contributed by atoms with Gasteiger partial charge in [-0.25, -0.2) is 4.39 Å². The lowest BCUT2D eigenvalue weighted by molar-refractivity contribution is 0.627. The Morgan fingerprint density at radius 1 is 1.06 bits per heavy atom. The van der Waals surface area contributed by atoms with Crippen LogP contribution in [0.1, 0.15) is 16.7 Å². The van der Waals surface area contributed by atoms with Crippen molar-refractivity contribution in [3.05, 3.63) is 71.0 Å². The molecule has 0 heterocycles. The van der Waals surface area contributed by atoms with Crippen molar-refractivity contribution in [3.63, 3.8) is 0 Å². The summed E-state index contributed by atoms with van der Waals surface area (Å²) in [6.07, 6.45) is 0. The van der Waals surface area contributed by atoms with Gasteiger partial charge in [-0.15, -0.1) is 0 Å². The highest BCUT2D eigenvalue weighted by molar-refractivity contribution is 7.80. The van der Waals surface area contributed by atoms with Gasteiger partial charge in [-0.2, -0.15) is 0 Å². The molecule has 0 saturated heterocycles. The maximum Gasteiger partial charge on any atom is 0.123 e. The highest BCUT2D eigenvalue weighted by Gasteiger charge is 2.00. The zero-order valence-electron chi connectivity index (χ0n) is 10.1. The van der Waals surface area contributed by atoms with Crippen molar-refractivity contribution in [2.24, 2.45) is 0 Å². The molecule has 0 radical (unpaired) electrons. The van der Waals surface area contributed by atoms with Crippen molar-refractivity contribution in [2.75, 3.05) is 0 Å². The van der Waals surface area contributed by atoms with E-state index in [0.717, 1.165) is 11.1 Å². The highest BCUT2D eigenvalue weighted by atomic mass is 32.1. The standard InChI is InChI=1S/C15H14FNS/c1-11-2-6-13(7-3-11)15(18)17-10-12-4-8-14(16)9-5-12/h2-9H,10H2,1H3,(H,17,18). The summed E-state index contributed by atoms with van der Waals surface area (Å²) < 4.78 is 12.7. The molecule has 0 aliphatic heterocycles. The second-order valence-electron chi connectivity index (χ2n) is 4.18. The van der Waals surface area contributed by atoms with Gasteiger partial charge in [-0.3, -0.25) is 0 Å². The Hall–Kier alpha value is -1.74. The van der Waals surface area contributed by atoms with Gasteiger partial charge in [0.1, 0.15) is 10.8 Å². The molecule has 2 aromatic carbocycles. The Labute approximate surface area is 112 Å². The van der Waals surface area contributed by atoms with Gasteiger partial charge >= 0.3 is 0 Å². The average Bonchev–Trinajstić information content (AvgIpc) is 2.38. The second-order valence-corrected chi connectivity index (χ2v) is 4.58. The zero-order chi connectivity index (χ0) is 13.0. The molecule has 0 aliphatic rings. The van der Waals surface area contributed by atoms with Crippen LogP contribution in [0.15, 0.2) is 48.5 Å². The van der Waals surface area contributed by atoms with E-state index in [4.69, 9.17) is 12.2 Å². The molecule has 1 nitrogen and oxygen atoms in total. The molecular formula is C15H14FNS. The van der Waals surface area contributed by atoms with E-state index in [9.17, 15) is 4.39 Å². The van der Waals surface area contributed by atoms with E-state index in [1.165, 1.54) is 17.7 Å². The molecule has 18 heavy (non-hydrogen) atoms. The van der Waals surface area contributed by atoms with Crippen molar-refractivity contribution >= 4 is 17.2 Å². The van der Waals surface area contributed by atoms with Gasteiger partial charge in [0.05, 0.1) is 0 Å². The van der Waals surface area contributed by atoms with E-state index in [2.05, 4.69) is 5.32 Å². The van der Waals surface area contributed by atoms with E-state index in [1.54, 1.807) is 12.1 Å². The molecule has 0 aromatic heterocycles. The lowest BCUT2D eigenvalue weighted by Crippen LogP contribution is -2.21. The summed E-state index contributed by atoms with van der Waals surface area (Å²) in [4.78, 5) is 0.708. The van der Waals surface area contributed by atoms with Gasteiger partial charge in [0.15, 0.2) is 0 Å². The molecule has 2 aromatic rings. The predicted octanol–water partition coefficient (Wildman–Crippen LogP) is 3.60. The molecule has 0 saturated carbocycles. The Morgan fingerprint density at radius 2 is 1.67 bits per heavy atom. The summed E-state index contributed by atoms with van der Waals surface area (Å²) in [7, 11) is 0. The fourth-order valence-corrected chi connectivity index (χ4v) is 1.80. The molecule has 0 aliphatic carbocycles. The summed E-state index contributed by atoms with van der Waals surface area (Å²) in [5.41, 5.74) is 3.21. The number of benzene rings is 2. The molecule has 0 spiro atoms. The number of hydrogen-bond donors (Lipinski definition) is 1. The van der Waals surface area contributed by atoms with Crippen molar-refractivity contribution in [3.8, 4) is 0 Å². The van der Waals surface area contributed by atoms with Gasteiger partial charge < -0.3 is 5.32 Å². The van der Waals surface area contributed by atoms with Crippen LogP contribution in [0.2, 0.25) is 0 Å². The van der Waals surface area contributed by atoms with Gasteiger partial charge in [-0.05, 0) is 24.6 Å². The van der Waals surface area contributed by atoms with Crippen LogP contribution < -0.4 is 5.32 Å². The summed E-state index contributed by atoms with van der Waals surface area (Å²) >= 11 is 5.30. The minimum atomic E-state index is -0.222. The fourth-order valence-electron chi connectivity index (χ4n) is 1.59. The third kappa shape index (κ3) is 3.37. The molecule has 0 unspecified atom stereocenters. The van der Waals surface area contributed by atoms with E-state index in [1.807, 2.05) is 31.2 Å². The van der Waals surface area contributed by atoms with Crippen LogP contribution in [0.25, 0.3) is 0 Å². The molecule has 0 atom stereocenters. The molecule has 2 rings (SSSR count). The summed E-state index contributed by atoms with van der Waals surface area (Å²) in [5.74, 6) is -0.222. The monoisotopic (exact) mass is 259 g/mol. The van der Waals surface area contributed by atoms with Gasteiger partial charge in [-0.1, -0.05) is 54.2 Å². The van der Waals surface area contributed by atoms with Crippen molar-refractivity contribution in [1.82, 2.24) is 5.32 Å². The quantitative estimate of drug-likeness (QED) is 0.845. The van der Waals surface area contributed by atoms with Crippen LogP contribution in [0.3, 0.4) is 0 Å². The van der Waals surface area contributed by atoms with E-state index < -0.39 is 0 Å². The molecule has 0 fully saturated rings. The Balaban J connectivity index is 1.96. The predicted molar refractivity (Wildman–Crippen MR) is 76.1 cm³/mol. The lowest BCUT2D eigenvalue weighted by Gasteiger charge is -2.08. The van der Waals surface area contributed by atoms with Gasteiger partial charge in [0.25, 0.3) is 0 Å². The molecular weight excluding hydrogens is 245 g/mol.